The summed E-state index contributed by atoms with van der Waals surface area (Å²) in [5.74, 6) is 0. The molecule has 102 valence electrons. The zero-order valence-corrected chi connectivity index (χ0v) is 11.5. The second-order valence-electron chi connectivity index (χ2n) is 4.40. The Labute approximate surface area is 113 Å². The molecule has 2 rings (SSSR count). The first-order chi connectivity index (χ1) is 8.97. The maximum Gasteiger partial charge on any atom is 0.242 e. The van der Waals surface area contributed by atoms with E-state index in [1.807, 2.05) is 12.1 Å². The summed E-state index contributed by atoms with van der Waals surface area (Å²) in [5.41, 5.74) is 7.34. The molecule has 1 aromatic carbocycles. The van der Waals surface area contributed by atoms with E-state index in [2.05, 4.69) is 4.72 Å². The van der Waals surface area contributed by atoms with Gasteiger partial charge in [-0.2, -0.15) is 0 Å². The van der Waals surface area contributed by atoms with Crippen LogP contribution in [0.1, 0.15) is 5.56 Å². The summed E-state index contributed by atoms with van der Waals surface area (Å²) in [5, 5.41) is 0. The van der Waals surface area contributed by atoms with Crippen molar-refractivity contribution in [1.82, 2.24) is 9.29 Å². The molecule has 1 heterocycles. The number of nitrogens with two attached hydrogens (primary N) is 1. The Morgan fingerprint density at radius 3 is 2.47 bits per heavy atom. The highest BCUT2D eigenvalue weighted by molar-refractivity contribution is 7.89. The van der Waals surface area contributed by atoms with Gasteiger partial charge in [0.2, 0.25) is 10.0 Å². The fourth-order valence-corrected chi connectivity index (χ4v) is 2.82. The average molecular weight is 279 g/mol. The summed E-state index contributed by atoms with van der Waals surface area (Å²) in [6.07, 6.45) is 3.91. The molecule has 0 bridgehead atoms. The monoisotopic (exact) mass is 279 g/mol. The van der Waals surface area contributed by atoms with E-state index in [-0.39, 0.29) is 4.90 Å². The molecule has 0 fully saturated rings. The van der Waals surface area contributed by atoms with Gasteiger partial charge in [0.25, 0.3) is 0 Å². The third-order valence-electron chi connectivity index (χ3n) is 2.80. The number of nitrogens with zero attached hydrogens (tertiary/aromatic N) is 1. The van der Waals surface area contributed by atoms with Gasteiger partial charge in [-0.15, -0.1) is 0 Å². The number of benzene rings is 1. The summed E-state index contributed by atoms with van der Waals surface area (Å²) >= 11 is 0. The number of anilines is 1. The zero-order valence-electron chi connectivity index (χ0n) is 10.7. The van der Waals surface area contributed by atoms with E-state index in [4.69, 9.17) is 5.73 Å². The molecule has 3 N–H and O–H groups in total. The first kappa shape index (κ1) is 13.6. The van der Waals surface area contributed by atoms with E-state index in [9.17, 15) is 8.42 Å². The van der Waals surface area contributed by atoms with Crippen molar-refractivity contribution in [3.63, 3.8) is 0 Å². The van der Waals surface area contributed by atoms with E-state index in [0.29, 0.717) is 18.7 Å². The van der Waals surface area contributed by atoms with Crippen LogP contribution in [-0.4, -0.2) is 19.5 Å². The van der Waals surface area contributed by atoms with Gasteiger partial charge in [0.15, 0.2) is 0 Å². The fraction of sp³-hybridized carbons (Fsp3) is 0.231. The van der Waals surface area contributed by atoms with Crippen LogP contribution in [0, 0.1) is 0 Å². The Bertz CT molecular complexity index is 645. The van der Waals surface area contributed by atoms with Crippen LogP contribution in [0.25, 0.3) is 0 Å². The van der Waals surface area contributed by atoms with Crippen molar-refractivity contribution in [3.05, 3.63) is 48.3 Å². The number of aryl methyl sites for hydroxylation is 1. The lowest BCUT2D eigenvalue weighted by atomic mass is 10.1. The molecular formula is C13H17N3O2S. The molecule has 0 amide bonds. The largest absolute Gasteiger partial charge is 0.399 e. The normalized spacial score (nSPS) is 11.6. The second kappa shape index (κ2) is 5.46. The molecule has 0 aliphatic rings. The average Bonchev–Trinajstić information content (AvgIpc) is 2.79. The number of rotatable bonds is 5. The Morgan fingerprint density at radius 1 is 1.21 bits per heavy atom. The molecule has 1 aromatic heterocycles. The molecule has 0 aliphatic carbocycles. The molecule has 0 saturated heterocycles. The van der Waals surface area contributed by atoms with Crippen LogP contribution in [0.5, 0.6) is 0 Å². The molecular weight excluding hydrogens is 262 g/mol. The number of aromatic nitrogens is 1. The van der Waals surface area contributed by atoms with Crippen LogP contribution in [0.4, 0.5) is 5.69 Å². The van der Waals surface area contributed by atoms with Crippen molar-refractivity contribution in [1.29, 1.82) is 0 Å². The molecule has 5 nitrogen and oxygen atoms in total. The molecule has 0 radical (unpaired) electrons. The fourth-order valence-electron chi connectivity index (χ4n) is 1.73. The van der Waals surface area contributed by atoms with Crippen LogP contribution in [0.2, 0.25) is 0 Å². The molecule has 6 heteroatoms. The summed E-state index contributed by atoms with van der Waals surface area (Å²) in [6.45, 7) is 0.362. The summed E-state index contributed by atoms with van der Waals surface area (Å²) < 4.78 is 28.2. The van der Waals surface area contributed by atoms with Gasteiger partial charge in [-0.25, -0.2) is 13.1 Å². The minimum atomic E-state index is -3.41. The lowest BCUT2D eigenvalue weighted by molar-refractivity contribution is 0.581. The topological polar surface area (TPSA) is 77.1 Å². The van der Waals surface area contributed by atoms with Gasteiger partial charge in [-0.05, 0) is 30.2 Å². The van der Waals surface area contributed by atoms with Crippen molar-refractivity contribution >= 4 is 15.7 Å². The zero-order chi connectivity index (χ0) is 13.9. The van der Waals surface area contributed by atoms with E-state index < -0.39 is 10.0 Å². The van der Waals surface area contributed by atoms with Crippen molar-refractivity contribution in [2.75, 3.05) is 12.3 Å². The number of hydrogen-bond donors (Lipinski definition) is 2. The summed E-state index contributed by atoms with van der Waals surface area (Å²) in [6, 6.07) is 8.98. The molecule has 0 aliphatic heterocycles. The number of hydrogen-bond acceptors (Lipinski definition) is 3. The van der Waals surface area contributed by atoms with Gasteiger partial charge in [0.05, 0.1) is 4.90 Å². The van der Waals surface area contributed by atoms with Gasteiger partial charge in [0.1, 0.15) is 0 Å². The third kappa shape index (κ3) is 3.59. The predicted molar refractivity (Wildman–Crippen MR) is 75.2 cm³/mol. The molecule has 0 unspecified atom stereocenters. The maximum atomic E-state index is 11.9. The number of nitrogens with one attached hydrogen (secondary N) is 1. The molecule has 0 spiro atoms. The molecule has 0 saturated carbocycles. The summed E-state index contributed by atoms with van der Waals surface area (Å²) in [4.78, 5) is 0.285. The van der Waals surface area contributed by atoms with Crippen molar-refractivity contribution in [2.24, 2.45) is 7.05 Å². The highest BCUT2D eigenvalue weighted by atomic mass is 32.2. The van der Waals surface area contributed by atoms with E-state index in [1.165, 1.54) is 0 Å². The highest BCUT2D eigenvalue weighted by Crippen LogP contribution is 2.09. The van der Waals surface area contributed by atoms with E-state index in [0.717, 1.165) is 5.56 Å². The van der Waals surface area contributed by atoms with Crippen LogP contribution >= 0.6 is 0 Å². The Balaban J connectivity index is 1.93. The van der Waals surface area contributed by atoms with Crippen molar-refractivity contribution < 1.29 is 8.42 Å². The highest BCUT2D eigenvalue weighted by Gasteiger charge is 2.13. The van der Waals surface area contributed by atoms with Crippen molar-refractivity contribution in [2.45, 2.75) is 11.3 Å². The SMILES string of the molecule is Cn1ccc(S(=O)(=O)NCCc2ccc(N)cc2)c1. The minimum Gasteiger partial charge on any atom is -0.399 e. The van der Waals surface area contributed by atoms with Crippen LogP contribution < -0.4 is 10.5 Å². The van der Waals surface area contributed by atoms with Gasteiger partial charge < -0.3 is 10.3 Å². The Morgan fingerprint density at radius 2 is 1.89 bits per heavy atom. The van der Waals surface area contributed by atoms with Gasteiger partial charge in [-0.3, -0.25) is 0 Å². The Kier molecular flexibility index (Phi) is 3.92. The van der Waals surface area contributed by atoms with Crippen molar-refractivity contribution in [3.8, 4) is 0 Å². The molecule has 2 aromatic rings. The van der Waals surface area contributed by atoms with Crippen LogP contribution in [0.3, 0.4) is 0 Å². The van der Waals surface area contributed by atoms with E-state index >= 15 is 0 Å². The quantitative estimate of drug-likeness (QED) is 0.805. The van der Waals surface area contributed by atoms with Crippen LogP contribution in [-0.2, 0) is 23.5 Å². The van der Waals surface area contributed by atoms with Gasteiger partial charge in [-0.1, -0.05) is 12.1 Å². The van der Waals surface area contributed by atoms with Crippen LogP contribution in [0.15, 0.2) is 47.6 Å². The van der Waals surface area contributed by atoms with Gasteiger partial charge in [0, 0.05) is 31.7 Å². The first-order valence-electron chi connectivity index (χ1n) is 5.93. The first-order valence-corrected chi connectivity index (χ1v) is 7.42. The third-order valence-corrected chi connectivity index (χ3v) is 4.25. The predicted octanol–water partition coefficient (Wildman–Crippen LogP) is 1.13. The number of sulfonamides is 1. The molecule has 19 heavy (non-hydrogen) atoms. The minimum absolute atomic E-state index is 0.285. The lowest BCUT2D eigenvalue weighted by Crippen LogP contribution is -2.25. The Hall–Kier alpha value is -1.79. The lowest BCUT2D eigenvalue weighted by Gasteiger charge is -2.05. The second-order valence-corrected chi connectivity index (χ2v) is 6.17. The summed E-state index contributed by atoms with van der Waals surface area (Å²) in [7, 11) is -1.63. The number of nitrogen functional groups attached to an aromatic ring is 1. The van der Waals surface area contributed by atoms with E-state index in [1.54, 1.807) is 42.2 Å². The maximum absolute atomic E-state index is 11.9. The molecule has 0 atom stereocenters. The van der Waals surface area contributed by atoms with Gasteiger partial charge >= 0.3 is 0 Å². The standard InChI is InChI=1S/C13H17N3O2S/c1-16-9-7-13(10-16)19(17,18)15-8-6-11-2-4-12(14)5-3-11/h2-5,7,9-10,15H,6,8,14H2,1H3. The smallest absolute Gasteiger partial charge is 0.242 e.